The van der Waals surface area contributed by atoms with Crippen LogP contribution in [0.5, 0.6) is 0 Å². The van der Waals surface area contributed by atoms with Crippen LogP contribution >= 0.6 is 11.6 Å². The van der Waals surface area contributed by atoms with Gasteiger partial charge < -0.3 is 10.2 Å². The molecule has 1 N–H and O–H groups in total. The van der Waals surface area contributed by atoms with Gasteiger partial charge in [-0.2, -0.15) is 0 Å². The highest BCUT2D eigenvalue weighted by Crippen LogP contribution is 2.45. The maximum Gasteiger partial charge on any atom is 0.0406 e. The normalized spacial score (nSPS) is 22.6. The van der Waals surface area contributed by atoms with Crippen LogP contribution < -0.4 is 5.32 Å². The van der Waals surface area contributed by atoms with Crippen LogP contribution in [0.4, 0.5) is 5.69 Å². The Morgan fingerprint density at radius 2 is 1.77 bits per heavy atom. The molecule has 1 atom stereocenters. The van der Waals surface area contributed by atoms with E-state index >= 15 is 0 Å². The maximum atomic E-state index is 6.10. The van der Waals surface area contributed by atoms with Crippen LogP contribution in [-0.4, -0.2) is 31.1 Å². The zero-order chi connectivity index (χ0) is 17.8. The minimum atomic E-state index is 0.360. The number of hydrogen-bond donors (Lipinski definition) is 1. The molecule has 0 amide bonds. The van der Waals surface area contributed by atoms with E-state index in [1.807, 2.05) is 0 Å². The smallest absolute Gasteiger partial charge is 0.0406 e. The van der Waals surface area contributed by atoms with Gasteiger partial charge in [-0.3, -0.25) is 0 Å². The number of anilines is 1. The SMILES string of the molecule is Clc1ccc(C2(CN3CCC[C@H](CNc4ccccc4)C3)CCC2)cc1. The molecule has 0 bridgehead atoms. The fraction of sp³-hybridized carbons (Fsp3) is 0.478. The molecule has 2 aromatic rings. The van der Waals surface area contributed by atoms with E-state index in [0.29, 0.717) is 5.41 Å². The van der Waals surface area contributed by atoms with Crippen molar-refractivity contribution in [2.24, 2.45) is 5.92 Å². The monoisotopic (exact) mass is 368 g/mol. The lowest BCUT2D eigenvalue weighted by Gasteiger charge is -2.47. The topological polar surface area (TPSA) is 15.3 Å². The molecule has 1 heterocycles. The Balaban J connectivity index is 1.36. The first-order chi connectivity index (χ1) is 12.7. The number of benzene rings is 2. The van der Waals surface area contributed by atoms with Gasteiger partial charge in [0.05, 0.1) is 0 Å². The molecule has 2 nitrogen and oxygen atoms in total. The average molecular weight is 369 g/mol. The van der Waals surface area contributed by atoms with E-state index in [0.717, 1.165) is 17.5 Å². The number of rotatable bonds is 6. The molecule has 4 rings (SSSR count). The zero-order valence-corrected chi connectivity index (χ0v) is 16.2. The summed E-state index contributed by atoms with van der Waals surface area (Å²) in [6, 6.07) is 19.2. The van der Waals surface area contributed by atoms with E-state index in [1.165, 1.54) is 63.0 Å². The van der Waals surface area contributed by atoms with Gasteiger partial charge in [-0.1, -0.05) is 48.4 Å². The summed E-state index contributed by atoms with van der Waals surface area (Å²) in [5.41, 5.74) is 3.08. The van der Waals surface area contributed by atoms with Crippen LogP contribution in [0.3, 0.4) is 0 Å². The summed E-state index contributed by atoms with van der Waals surface area (Å²) in [5, 5.41) is 4.46. The van der Waals surface area contributed by atoms with E-state index in [4.69, 9.17) is 11.6 Å². The first-order valence-electron chi connectivity index (χ1n) is 10.0. The van der Waals surface area contributed by atoms with Gasteiger partial charge in [-0.05, 0) is 68.0 Å². The minimum Gasteiger partial charge on any atom is -0.385 e. The first kappa shape index (κ1) is 17.9. The molecule has 0 radical (unpaired) electrons. The van der Waals surface area contributed by atoms with E-state index in [2.05, 4.69) is 64.8 Å². The predicted molar refractivity (Wildman–Crippen MR) is 111 cm³/mol. The second-order valence-corrected chi connectivity index (χ2v) is 8.57. The summed E-state index contributed by atoms with van der Waals surface area (Å²) >= 11 is 6.10. The molecule has 1 saturated heterocycles. The number of likely N-dealkylation sites (tertiary alicyclic amines) is 1. The molecule has 1 aliphatic carbocycles. The molecule has 0 unspecified atom stereocenters. The van der Waals surface area contributed by atoms with E-state index in [9.17, 15) is 0 Å². The lowest BCUT2D eigenvalue weighted by atomic mass is 9.64. The summed E-state index contributed by atoms with van der Waals surface area (Å²) in [7, 11) is 0. The zero-order valence-electron chi connectivity index (χ0n) is 15.5. The fourth-order valence-electron chi connectivity index (χ4n) is 4.65. The summed E-state index contributed by atoms with van der Waals surface area (Å²) in [5.74, 6) is 0.742. The molecule has 0 aromatic heterocycles. The molecule has 2 fully saturated rings. The van der Waals surface area contributed by atoms with Crippen LogP contribution in [0.1, 0.15) is 37.7 Å². The van der Waals surface area contributed by atoms with Crippen molar-refractivity contribution in [1.82, 2.24) is 4.90 Å². The van der Waals surface area contributed by atoms with Crippen molar-refractivity contribution >= 4 is 17.3 Å². The van der Waals surface area contributed by atoms with E-state index in [1.54, 1.807) is 0 Å². The molecular weight excluding hydrogens is 340 g/mol. The Kier molecular flexibility index (Phi) is 5.52. The Hall–Kier alpha value is -1.51. The number of nitrogens with one attached hydrogen (secondary N) is 1. The van der Waals surface area contributed by atoms with Crippen molar-refractivity contribution in [3.63, 3.8) is 0 Å². The van der Waals surface area contributed by atoms with Crippen LogP contribution in [-0.2, 0) is 5.41 Å². The molecule has 3 heteroatoms. The predicted octanol–water partition coefficient (Wildman–Crippen LogP) is 5.59. The van der Waals surface area contributed by atoms with Crippen LogP contribution in [0.25, 0.3) is 0 Å². The Morgan fingerprint density at radius 3 is 2.46 bits per heavy atom. The standard InChI is InChI=1S/C23H29ClN2/c24-21-11-9-20(10-12-21)23(13-5-14-23)18-26-15-4-6-19(17-26)16-25-22-7-2-1-3-8-22/h1-3,7-12,19,25H,4-6,13-18H2/t19-/m1/s1. The highest BCUT2D eigenvalue weighted by molar-refractivity contribution is 6.30. The van der Waals surface area contributed by atoms with Crippen molar-refractivity contribution in [2.75, 3.05) is 31.5 Å². The van der Waals surface area contributed by atoms with Gasteiger partial charge in [0.1, 0.15) is 0 Å². The molecular formula is C23H29ClN2. The highest BCUT2D eigenvalue weighted by Gasteiger charge is 2.40. The average Bonchev–Trinajstić information content (AvgIpc) is 2.65. The Morgan fingerprint density at radius 1 is 1.00 bits per heavy atom. The van der Waals surface area contributed by atoms with Gasteiger partial charge in [0.2, 0.25) is 0 Å². The summed E-state index contributed by atoms with van der Waals surface area (Å²) in [4.78, 5) is 2.72. The molecule has 1 saturated carbocycles. The van der Waals surface area contributed by atoms with E-state index in [-0.39, 0.29) is 0 Å². The summed E-state index contributed by atoms with van der Waals surface area (Å²) < 4.78 is 0. The fourth-order valence-corrected chi connectivity index (χ4v) is 4.78. The summed E-state index contributed by atoms with van der Waals surface area (Å²) in [6.45, 7) is 4.75. The molecule has 138 valence electrons. The lowest BCUT2D eigenvalue weighted by Crippen LogP contribution is -2.49. The number of halogens is 1. The quantitative estimate of drug-likeness (QED) is 0.715. The lowest BCUT2D eigenvalue weighted by molar-refractivity contribution is 0.102. The Bertz CT molecular complexity index is 694. The van der Waals surface area contributed by atoms with Crippen molar-refractivity contribution in [3.05, 3.63) is 65.2 Å². The number of para-hydroxylation sites is 1. The Labute approximate surface area is 162 Å². The number of nitrogens with zero attached hydrogens (tertiary/aromatic N) is 1. The maximum absolute atomic E-state index is 6.10. The molecule has 2 aliphatic rings. The van der Waals surface area contributed by atoms with Crippen LogP contribution in [0, 0.1) is 5.92 Å². The van der Waals surface area contributed by atoms with Crippen molar-refractivity contribution in [1.29, 1.82) is 0 Å². The number of piperidine rings is 1. The first-order valence-corrected chi connectivity index (χ1v) is 10.4. The molecule has 2 aromatic carbocycles. The third kappa shape index (κ3) is 4.07. The third-order valence-corrected chi connectivity index (χ3v) is 6.52. The van der Waals surface area contributed by atoms with E-state index < -0.39 is 0 Å². The molecule has 1 aliphatic heterocycles. The number of hydrogen-bond acceptors (Lipinski definition) is 2. The van der Waals surface area contributed by atoms with Gasteiger partial charge in [0.15, 0.2) is 0 Å². The van der Waals surface area contributed by atoms with Gasteiger partial charge in [0.25, 0.3) is 0 Å². The highest BCUT2D eigenvalue weighted by atomic mass is 35.5. The van der Waals surface area contributed by atoms with Crippen molar-refractivity contribution in [3.8, 4) is 0 Å². The summed E-state index contributed by atoms with van der Waals surface area (Å²) in [6.07, 6.45) is 6.65. The van der Waals surface area contributed by atoms with Crippen LogP contribution in [0.2, 0.25) is 5.02 Å². The second-order valence-electron chi connectivity index (χ2n) is 8.13. The molecule has 0 spiro atoms. The second kappa shape index (κ2) is 8.02. The van der Waals surface area contributed by atoms with Gasteiger partial charge >= 0.3 is 0 Å². The third-order valence-electron chi connectivity index (χ3n) is 6.27. The van der Waals surface area contributed by atoms with Crippen LogP contribution in [0.15, 0.2) is 54.6 Å². The van der Waals surface area contributed by atoms with Gasteiger partial charge in [0, 0.05) is 35.8 Å². The molecule has 26 heavy (non-hydrogen) atoms. The largest absolute Gasteiger partial charge is 0.385 e. The van der Waals surface area contributed by atoms with Gasteiger partial charge in [-0.25, -0.2) is 0 Å². The van der Waals surface area contributed by atoms with Gasteiger partial charge in [-0.15, -0.1) is 0 Å². The van der Waals surface area contributed by atoms with Crippen molar-refractivity contribution < 1.29 is 0 Å². The minimum absolute atomic E-state index is 0.360. The van der Waals surface area contributed by atoms with Crippen molar-refractivity contribution in [2.45, 2.75) is 37.5 Å².